The molecule has 0 unspecified atom stereocenters. The molecule has 0 heterocycles. The number of hydrogen-bond donors (Lipinski definition) is 3. The molecule has 2 aliphatic rings. The Morgan fingerprint density at radius 2 is 2.09 bits per heavy atom. The third-order valence-electron chi connectivity index (χ3n) is 5.00. The van der Waals surface area contributed by atoms with E-state index in [9.17, 15) is 15.2 Å². The van der Waals surface area contributed by atoms with Crippen LogP contribution in [0.25, 0.3) is 0 Å². The zero-order chi connectivity index (χ0) is 16.4. The average molecular weight is 335 g/mol. The van der Waals surface area contributed by atoms with Gasteiger partial charge in [-0.1, -0.05) is 6.42 Å². The second kappa shape index (κ2) is 6.80. The molecule has 0 spiro atoms. The lowest BCUT2D eigenvalue weighted by Gasteiger charge is -2.25. The molecule has 7 heteroatoms. The van der Waals surface area contributed by atoms with Gasteiger partial charge in [0.05, 0.1) is 11.0 Å². The molecule has 0 saturated heterocycles. The molecule has 1 aromatic carbocycles. The Balaban J connectivity index is 1.45. The number of nitrogens with one attached hydrogen (secondary N) is 2. The number of hydrogen-bond acceptors (Lipinski definition) is 4. The second-order valence-electron chi connectivity index (χ2n) is 6.50. The van der Waals surface area contributed by atoms with Crippen LogP contribution < -0.4 is 10.6 Å². The number of benzene rings is 1. The van der Waals surface area contributed by atoms with Crippen LogP contribution >= 0.6 is 12.2 Å². The fourth-order valence-electron chi connectivity index (χ4n) is 3.77. The minimum absolute atomic E-state index is 0.0161. The van der Waals surface area contributed by atoms with Gasteiger partial charge in [-0.15, -0.1) is 0 Å². The summed E-state index contributed by atoms with van der Waals surface area (Å²) < 4.78 is 0. The highest BCUT2D eigenvalue weighted by Gasteiger charge is 2.39. The zero-order valence-electron chi connectivity index (χ0n) is 12.8. The first kappa shape index (κ1) is 16.1. The molecule has 0 radical (unpaired) electrons. The first-order valence-corrected chi connectivity index (χ1v) is 8.40. The molecule has 2 fully saturated rings. The number of aliphatic hydroxyl groups is 1. The van der Waals surface area contributed by atoms with E-state index >= 15 is 0 Å². The Kier molecular flexibility index (Phi) is 4.77. The molecule has 1 aromatic rings. The maximum absolute atomic E-state index is 10.6. The van der Waals surface area contributed by atoms with Gasteiger partial charge in [-0.2, -0.15) is 0 Å². The minimum Gasteiger partial charge on any atom is -0.387 e. The van der Waals surface area contributed by atoms with Crippen molar-refractivity contribution in [3.8, 4) is 0 Å². The molecule has 2 aliphatic carbocycles. The van der Waals surface area contributed by atoms with Crippen LogP contribution in [0.1, 0.15) is 37.4 Å². The molecule has 6 nitrogen and oxygen atoms in total. The van der Waals surface area contributed by atoms with Crippen molar-refractivity contribution in [3.05, 3.63) is 39.9 Å². The molecule has 0 amide bonds. The molecule has 124 valence electrons. The quantitative estimate of drug-likeness (QED) is 0.435. The van der Waals surface area contributed by atoms with E-state index in [1.54, 1.807) is 12.1 Å². The topological polar surface area (TPSA) is 87.4 Å². The first-order chi connectivity index (χ1) is 11.0. The zero-order valence-corrected chi connectivity index (χ0v) is 13.6. The summed E-state index contributed by atoms with van der Waals surface area (Å²) in [6.45, 7) is 0.282. The van der Waals surface area contributed by atoms with Crippen molar-refractivity contribution in [1.29, 1.82) is 0 Å². The Morgan fingerprint density at radius 1 is 1.35 bits per heavy atom. The van der Waals surface area contributed by atoms with Crippen molar-refractivity contribution in [1.82, 2.24) is 10.6 Å². The summed E-state index contributed by atoms with van der Waals surface area (Å²) in [6.07, 6.45) is 4.39. The summed E-state index contributed by atoms with van der Waals surface area (Å²) in [5.74, 6) is 1.59. The molecular weight excluding hydrogens is 314 g/mol. The number of nitro groups is 1. The number of fused-ring (bicyclic) bond motifs is 2. The highest BCUT2D eigenvalue weighted by Crippen LogP contribution is 2.44. The molecule has 2 bridgehead atoms. The van der Waals surface area contributed by atoms with E-state index in [2.05, 4.69) is 10.6 Å². The molecular formula is C16H21N3O3S. The highest BCUT2D eigenvalue weighted by molar-refractivity contribution is 7.80. The SMILES string of the molecule is O=[N+]([O-])c1ccc([C@@H](O)CNC(=S)N[C@@H]2C[C@H]3CC[C@H]2C3)cc1. The van der Waals surface area contributed by atoms with E-state index in [0.717, 1.165) is 11.8 Å². The molecule has 0 aromatic heterocycles. The van der Waals surface area contributed by atoms with E-state index < -0.39 is 11.0 Å². The van der Waals surface area contributed by atoms with Gasteiger partial charge in [-0.3, -0.25) is 10.1 Å². The van der Waals surface area contributed by atoms with Crippen LogP contribution in [0, 0.1) is 22.0 Å². The standard InChI is InChI=1S/C16H21N3O3S/c20-15(11-3-5-13(6-4-11)19(21)22)9-17-16(23)18-14-8-10-1-2-12(14)7-10/h3-6,10,12,14-15,20H,1-2,7-9H2,(H2,17,18,23)/t10-,12-,14+,15-/m0/s1. The van der Waals surface area contributed by atoms with E-state index in [-0.39, 0.29) is 12.2 Å². The lowest BCUT2D eigenvalue weighted by molar-refractivity contribution is -0.384. The van der Waals surface area contributed by atoms with Crippen LogP contribution in [0.3, 0.4) is 0 Å². The van der Waals surface area contributed by atoms with Crippen molar-refractivity contribution < 1.29 is 10.0 Å². The van der Waals surface area contributed by atoms with Crippen molar-refractivity contribution in [3.63, 3.8) is 0 Å². The van der Waals surface area contributed by atoms with Gasteiger partial charge in [-0.25, -0.2) is 0 Å². The molecule has 4 atom stereocenters. The van der Waals surface area contributed by atoms with Crippen LogP contribution in [0.4, 0.5) is 5.69 Å². The minimum atomic E-state index is -0.754. The predicted molar refractivity (Wildman–Crippen MR) is 91.0 cm³/mol. The lowest BCUT2D eigenvalue weighted by atomic mass is 9.96. The molecule has 3 N–H and O–H groups in total. The smallest absolute Gasteiger partial charge is 0.269 e. The van der Waals surface area contributed by atoms with E-state index in [4.69, 9.17) is 12.2 Å². The van der Waals surface area contributed by atoms with Gasteiger partial charge in [0.1, 0.15) is 0 Å². The second-order valence-corrected chi connectivity index (χ2v) is 6.91. The fourth-order valence-corrected chi connectivity index (χ4v) is 4.00. The Morgan fingerprint density at radius 3 is 2.65 bits per heavy atom. The average Bonchev–Trinajstić information content (AvgIpc) is 3.15. The number of nitro benzene ring substituents is 1. The number of nitrogens with zero attached hydrogens (tertiary/aromatic N) is 1. The predicted octanol–water partition coefficient (Wildman–Crippen LogP) is 2.28. The van der Waals surface area contributed by atoms with Crippen LogP contribution in [0.15, 0.2) is 24.3 Å². The first-order valence-electron chi connectivity index (χ1n) is 7.99. The number of aliphatic hydroxyl groups excluding tert-OH is 1. The van der Waals surface area contributed by atoms with Crippen LogP contribution in [0.2, 0.25) is 0 Å². The summed E-state index contributed by atoms with van der Waals surface area (Å²) >= 11 is 5.31. The van der Waals surface area contributed by atoms with Crippen LogP contribution in [-0.4, -0.2) is 27.7 Å². The van der Waals surface area contributed by atoms with Gasteiger partial charge in [0.2, 0.25) is 0 Å². The van der Waals surface area contributed by atoms with Crippen molar-refractivity contribution in [2.45, 2.75) is 37.8 Å². The summed E-state index contributed by atoms with van der Waals surface area (Å²) in [5, 5.41) is 27.7. The monoisotopic (exact) mass is 335 g/mol. The van der Waals surface area contributed by atoms with Gasteiger partial charge < -0.3 is 15.7 Å². The van der Waals surface area contributed by atoms with Gasteiger partial charge in [0.15, 0.2) is 5.11 Å². The van der Waals surface area contributed by atoms with Crippen molar-refractivity contribution >= 4 is 23.0 Å². The Bertz CT molecular complexity index is 593. The van der Waals surface area contributed by atoms with E-state index in [1.807, 2.05) is 0 Å². The Hall–Kier alpha value is -1.73. The maximum atomic E-state index is 10.6. The largest absolute Gasteiger partial charge is 0.387 e. The van der Waals surface area contributed by atoms with Crippen molar-refractivity contribution in [2.24, 2.45) is 11.8 Å². The summed E-state index contributed by atoms with van der Waals surface area (Å²) in [6, 6.07) is 6.38. The summed E-state index contributed by atoms with van der Waals surface area (Å²) in [5.41, 5.74) is 0.646. The van der Waals surface area contributed by atoms with Crippen LogP contribution in [0.5, 0.6) is 0 Å². The van der Waals surface area contributed by atoms with Gasteiger partial charge in [-0.05, 0) is 61.0 Å². The highest BCUT2D eigenvalue weighted by atomic mass is 32.1. The van der Waals surface area contributed by atoms with Gasteiger partial charge >= 0.3 is 0 Å². The third-order valence-corrected chi connectivity index (χ3v) is 5.26. The molecule has 0 aliphatic heterocycles. The third kappa shape index (κ3) is 3.79. The molecule has 23 heavy (non-hydrogen) atoms. The van der Waals surface area contributed by atoms with Crippen molar-refractivity contribution in [2.75, 3.05) is 6.54 Å². The molecule has 3 rings (SSSR count). The summed E-state index contributed by atoms with van der Waals surface area (Å²) in [4.78, 5) is 10.2. The maximum Gasteiger partial charge on any atom is 0.269 e. The summed E-state index contributed by atoms with van der Waals surface area (Å²) in [7, 11) is 0. The molecule has 2 saturated carbocycles. The van der Waals surface area contributed by atoms with Gasteiger partial charge in [0.25, 0.3) is 5.69 Å². The lowest BCUT2D eigenvalue weighted by Crippen LogP contribution is -2.45. The Labute approximate surface area is 140 Å². The fraction of sp³-hybridized carbons (Fsp3) is 0.562. The number of thiocarbonyl (C=S) groups is 1. The van der Waals surface area contributed by atoms with E-state index in [0.29, 0.717) is 16.7 Å². The van der Waals surface area contributed by atoms with E-state index in [1.165, 1.54) is 37.8 Å². The number of non-ortho nitro benzene ring substituents is 1. The van der Waals surface area contributed by atoms with Gasteiger partial charge in [0, 0.05) is 24.7 Å². The normalized spacial score (nSPS) is 26.7. The number of rotatable bonds is 5. The van der Waals surface area contributed by atoms with Crippen LogP contribution in [-0.2, 0) is 0 Å².